The summed E-state index contributed by atoms with van der Waals surface area (Å²) in [5.41, 5.74) is 0. The molecule has 0 N–H and O–H groups in total. The minimum Gasteiger partial charge on any atom is -0.351 e. The van der Waals surface area contributed by atoms with Crippen LogP contribution in [0, 0.1) is 11.7 Å². The van der Waals surface area contributed by atoms with Crippen LogP contribution in [-0.2, 0) is 0 Å². The molecule has 88 valence electrons. The van der Waals surface area contributed by atoms with Gasteiger partial charge >= 0.3 is 0 Å². The Morgan fingerprint density at radius 3 is 2.94 bits per heavy atom. The molecule has 1 aliphatic rings. The largest absolute Gasteiger partial charge is 0.351 e. The molecule has 1 aromatic rings. The molecule has 2 atom stereocenters. The van der Waals surface area contributed by atoms with Crippen molar-refractivity contribution >= 4 is 17.4 Å². The fourth-order valence-electron chi connectivity index (χ4n) is 2.12. The molecule has 0 radical (unpaired) electrons. The minimum absolute atomic E-state index is 0.0989. The second-order valence-corrected chi connectivity index (χ2v) is 4.83. The quantitative estimate of drug-likeness (QED) is 0.711. The molecule has 0 saturated carbocycles. The summed E-state index contributed by atoms with van der Waals surface area (Å²) in [6, 6.07) is 0.302. The molecule has 0 aromatic carbocycles. The van der Waals surface area contributed by atoms with Gasteiger partial charge in [-0.15, -0.1) is 0 Å². The second kappa shape index (κ2) is 4.53. The third kappa shape index (κ3) is 2.26. The molecular weight excluding hydrogens is 229 g/mol. The average molecular weight is 244 g/mol. The smallest absolute Gasteiger partial charge is 0.224 e. The van der Waals surface area contributed by atoms with Crippen LogP contribution >= 0.6 is 11.6 Å². The first kappa shape index (κ1) is 11.6. The van der Waals surface area contributed by atoms with Crippen LogP contribution in [0.5, 0.6) is 0 Å². The maximum Gasteiger partial charge on any atom is 0.224 e. The number of anilines is 1. The molecule has 2 rings (SSSR count). The summed E-state index contributed by atoms with van der Waals surface area (Å²) in [6.07, 6.45) is 3.37. The lowest BCUT2D eigenvalue weighted by Gasteiger charge is -2.37. The maximum atomic E-state index is 13.6. The summed E-state index contributed by atoms with van der Waals surface area (Å²) < 4.78 is 13.6. The van der Waals surface area contributed by atoms with Crippen LogP contribution in [0.25, 0.3) is 0 Å². The molecule has 0 spiro atoms. The molecule has 16 heavy (non-hydrogen) atoms. The second-order valence-electron chi connectivity index (χ2n) is 4.49. The number of nitrogens with zero attached hydrogens (tertiary/aromatic N) is 3. The van der Waals surface area contributed by atoms with Crippen molar-refractivity contribution in [3.8, 4) is 0 Å². The van der Waals surface area contributed by atoms with Gasteiger partial charge in [0.25, 0.3) is 0 Å². The van der Waals surface area contributed by atoms with Crippen LogP contribution in [0.15, 0.2) is 6.20 Å². The van der Waals surface area contributed by atoms with E-state index in [0.717, 1.165) is 19.2 Å². The Labute approximate surface area is 99.6 Å². The van der Waals surface area contributed by atoms with Gasteiger partial charge in [0.2, 0.25) is 5.28 Å². The van der Waals surface area contributed by atoms with E-state index in [1.54, 1.807) is 0 Å². The molecule has 3 nitrogen and oxygen atoms in total. The molecule has 2 unspecified atom stereocenters. The Kier molecular flexibility index (Phi) is 3.28. The molecule has 1 aromatic heterocycles. The third-order valence-electron chi connectivity index (χ3n) is 3.09. The summed E-state index contributed by atoms with van der Waals surface area (Å²) in [7, 11) is 0. The summed E-state index contributed by atoms with van der Waals surface area (Å²) in [6.45, 7) is 5.08. The molecule has 1 aliphatic heterocycles. The lowest BCUT2D eigenvalue weighted by Crippen LogP contribution is -2.42. The maximum absolute atomic E-state index is 13.6. The first-order chi connectivity index (χ1) is 7.58. The minimum atomic E-state index is -0.398. The highest BCUT2D eigenvalue weighted by atomic mass is 35.5. The average Bonchev–Trinajstić information content (AvgIpc) is 2.25. The van der Waals surface area contributed by atoms with Crippen LogP contribution in [0.4, 0.5) is 10.2 Å². The van der Waals surface area contributed by atoms with E-state index in [9.17, 15) is 4.39 Å². The van der Waals surface area contributed by atoms with Gasteiger partial charge in [-0.2, -0.15) is 4.98 Å². The van der Waals surface area contributed by atoms with Crippen molar-refractivity contribution < 1.29 is 4.39 Å². The number of hydrogen-bond donors (Lipinski definition) is 0. The Bertz CT molecular complexity index is 385. The van der Waals surface area contributed by atoms with Gasteiger partial charge < -0.3 is 4.90 Å². The van der Waals surface area contributed by atoms with Crippen LogP contribution in [0.3, 0.4) is 0 Å². The van der Waals surface area contributed by atoms with Crippen molar-refractivity contribution in [2.75, 3.05) is 11.4 Å². The van der Waals surface area contributed by atoms with Crippen molar-refractivity contribution in [1.82, 2.24) is 9.97 Å². The Balaban J connectivity index is 2.30. The fraction of sp³-hybridized carbons (Fsp3) is 0.636. The third-order valence-corrected chi connectivity index (χ3v) is 3.27. The lowest BCUT2D eigenvalue weighted by atomic mass is 9.95. The van der Waals surface area contributed by atoms with Crippen molar-refractivity contribution in [3.63, 3.8) is 0 Å². The highest BCUT2D eigenvalue weighted by Crippen LogP contribution is 2.28. The Morgan fingerprint density at radius 1 is 1.44 bits per heavy atom. The zero-order valence-electron chi connectivity index (χ0n) is 9.45. The summed E-state index contributed by atoms with van der Waals surface area (Å²) in [5.74, 6) is 0.494. The summed E-state index contributed by atoms with van der Waals surface area (Å²) in [4.78, 5) is 9.60. The van der Waals surface area contributed by atoms with Crippen LogP contribution in [0.2, 0.25) is 5.28 Å². The molecule has 0 amide bonds. The number of aromatic nitrogens is 2. The van der Waals surface area contributed by atoms with Gasteiger partial charge in [0.15, 0.2) is 11.6 Å². The van der Waals surface area contributed by atoms with E-state index < -0.39 is 5.82 Å². The molecule has 2 heterocycles. The van der Waals surface area contributed by atoms with Crippen molar-refractivity contribution in [2.24, 2.45) is 5.92 Å². The van der Waals surface area contributed by atoms with E-state index in [-0.39, 0.29) is 5.28 Å². The van der Waals surface area contributed by atoms with E-state index in [2.05, 4.69) is 23.8 Å². The molecule has 1 fully saturated rings. The number of hydrogen-bond acceptors (Lipinski definition) is 3. The standard InChI is InChI=1S/C11H15ClFN3/c1-7-3-4-8(2)16(6-7)10-9(13)5-14-11(12)15-10/h5,7-8H,3-4,6H2,1-2H3. The number of rotatable bonds is 1. The molecule has 0 aliphatic carbocycles. The first-order valence-corrected chi connectivity index (χ1v) is 5.90. The van der Waals surface area contributed by atoms with E-state index in [0.29, 0.717) is 17.8 Å². The predicted molar refractivity (Wildman–Crippen MR) is 62.2 cm³/mol. The summed E-state index contributed by atoms with van der Waals surface area (Å²) >= 11 is 5.70. The van der Waals surface area contributed by atoms with Gasteiger partial charge in [-0.25, -0.2) is 9.37 Å². The molecule has 1 saturated heterocycles. The SMILES string of the molecule is CC1CCC(C)N(c2nc(Cl)ncc2F)C1. The van der Waals surface area contributed by atoms with Gasteiger partial charge in [0.05, 0.1) is 6.20 Å². The van der Waals surface area contributed by atoms with Gasteiger partial charge in [0, 0.05) is 12.6 Å². The van der Waals surface area contributed by atoms with Crippen molar-refractivity contribution in [1.29, 1.82) is 0 Å². The highest BCUT2D eigenvalue weighted by Gasteiger charge is 2.26. The van der Waals surface area contributed by atoms with E-state index in [4.69, 9.17) is 11.6 Å². The fourth-order valence-corrected chi connectivity index (χ4v) is 2.25. The van der Waals surface area contributed by atoms with Crippen LogP contribution in [0.1, 0.15) is 26.7 Å². The zero-order chi connectivity index (χ0) is 11.7. The molecule has 0 bridgehead atoms. The zero-order valence-corrected chi connectivity index (χ0v) is 10.2. The molecule has 5 heteroatoms. The predicted octanol–water partition coefficient (Wildman–Crippen LogP) is 2.89. The summed E-state index contributed by atoms with van der Waals surface area (Å²) in [5, 5.41) is 0.0989. The van der Waals surface area contributed by atoms with Crippen molar-refractivity contribution in [3.05, 3.63) is 17.3 Å². The highest BCUT2D eigenvalue weighted by molar-refractivity contribution is 6.28. The van der Waals surface area contributed by atoms with Gasteiger partial charge in [-0.1, -0.05) is 6.92 Å². The topological polar surface area (TPSA) is 29.0 Å². The van der Waals surface area contributed by atoms with E-state index >= 15 is 0 Å². The monoisotopic (exact) mass is 243 g/mol. The van der Waals surface area contributed by atoms with Crippen LogP contribution in [-0.4, -0.2) is 22.6 Å². The Hall–Kier alpha value is -0.900. The number of piperidine rings is 1. The van der Waals surface area contributed by atoms with E-state index in [1.165, 1.54) is 6.42 Å². The molecular formula is C11H15ClFN3. The van der Waals surface area contributed by atoms with Crippen LogP contribution < -0.4 is 4.90 Å². The van der Waals surface area contributed by atoms with Gasteiger partial charge in [0.1, 0.15) is 0 Å². The normalized spacial score (nSPS) is 25.9. The van der Waals surface area contributed by atoms with Crippen molar-refractivity contribution in [2.45, 2.75) is 32.7 Å². The van der Waals surface area contributed by atoms with Gasteiger partial charge in [-0.05, 0) is 37.3 Å². The van der Waals surface area contributed by atoms with Gasteiger partial charge in [-0.3, -0.25) is 0 Å². The first-order valence-electron chi connectivity index (χ1n) is 5.52. The Morgan fingerprint density at radius 2 is 2.19 bits per heavy atom. The number of halogens is 2. The lowest BCUT2D eigenvalue weighted by molar-refractivity contribution is 0.383. The van der Waals surface area contributed by atoms with E-state index in [1.807, 2.05) is 4.90 Å².